The zero-order valence-electron chi connectivity index (χ0n) is 9.55. The number of ether oxygens (including phenoxy) is 1. The van der Waals surface area contributed by atoms with Crippen molar-refractivity contribution < 1.29 is 30.3 Å². The van der Waals surface area contributed by atoms with Crippen molar-refractivity contribution in [2.24, 2.45) is 0 Å². The molecular formula is C12H16O6. The van der Waals surface area contributed by atoms with Crippen LogP contribution in [0.5, 0.6) is 5.75 Å². The van der Waals surface area contributed by atoms with Crippen LogP contribution < -0.4 is 0 Å². The van der Waals surface area contributed by atoms with Crippen molar-refractivity contribution in [1.82, 2.24) is 0 Å². The van der Waals surface area contributed by atoms with Crippen molar-refractivity contribution in [3.8, 4) is 5.75 Å². The van der Waals surface area contributed by atoms with Crippen molar-refractivity contribution in [1.29, 1.82) is 0 Å². The second-order valence-electron chi connectivity index (χ2n) is 4.34. The number of hydrogen-bond donors (Lipinski definition) is 5. The molecule has 6 nitrogen and oxygen atoms in total. The summed E-state index contributed by atoms with van der Waals surface area (Å²) in [5.41, 5.74) is 0.546. The van der Waals surface area contributed by atoms with Crippen molar-refractivity contribution in [3.05, 3.63) is 29.8 Å². The monoisotopic (exact) mass is 256 g/mol. The highest BCUT2D eigenvalue weighted by Gasteiger charge is 2.43. The van der Waals surface area contributed by atoms with Gasteiger partial charge in [-0.2, -0.15) is 0 Å². The zero-order chi connectivity index (χ0) is 13.3. The van der Waals surface area contributed by atoms with Crippen LogP contribution in [0.3, 0.4) is 0 Å². The Morgan fingerprint density at radius 3 is 2.11 bits per heavy atom. The third kappa shape index (κ3) is 2.33. The minimum absolute atomic E-state index is 0.0725. The lowest BCUT2D eigenvalue weighted by atomic mass is 9.91. The van der Waals surface area contributed by atoms with E-state index in [0.717, 1.165) is 0 Å². The molecule has 0 radical (unpaired) electrons. The second-order valence-corrected chi connectivity index (χ2v) is 4.34. The summed E-state index contributed by atoms with van der Waals surface area (Å²) in [6, 6.07) is 5.94. The van der Waals surface area contributed by atoms with Gasteiger partial charge in [0, 0.05) is 0 Å². The van der Waals surface area contributed by atoms with Crippen LogP contribution in [0.2, 0.25) is 0 Å². The largest absolute Gasteiger partial charge is 0.508 e. The van der Waals surface area contributed by atoms with Gasteiger partial charge >= 0.3 is 0 Å². The van der Waals surface area contributed by atoms with Crippen molar-refractivity contribution in [2.45, 2.75) is 30.5 Å². The fourth-order valence-electron chi connectivity index (χ4n) is 2.04. The number of aliphatic hydroxyl groups excluding tert-OH is 4. The SMILES string of the molecule is OC[C@H]1O[C@H](c2ccc(O)cc2)[C@@H](O)[C@@H](O)[C@@H]1O. The van der Waals surface area contributed by atoms with Crippen LogP contribution in [0.1, 0.15) is 11.7 Å². The highest BCUT2D eigenvalue weighted by molar-refractivity contribution is 5.28. The highest BCUT2D eigenvalue weighted by atomic mass is 16.5. The van der Waals surface area contributed by atoms with Gasteiger partial charge in [-0.25, -0.2) is 0 Å². The standard InChI is InChI=1S/C12H16O6/c13-5-8-9(15)10(16)11(17)12(18-8)6-1-3-7(14)4-2-6/h1-4,8-17H,5H2/t8-,9-,10+,11+,12-/m1/s1. The number of rotatable bonds is 2. The summed E-state index contributed by atoms with van der Waals surface area (Å²) >= 11 is 0. The molecule has 0 unspecified atom stereocenters. The molecule has 100 valence electrons. The van der Waals surface area contributed by atoms with Crippen molar-refractivity contribution in [3.63, 3.8) is 0 Å². The Labute approximate surface area is 104 Å². The molecule has 1 heterocycles. The molecule has 1 aliphatic heterocycles. The summed E-state index contributed by atoms with van der Waals surface area (Å²) in [5.74, 6) is 0.0725. The average Bonchev–Trinajstić information content (AvgIpc) is 2.38. The number of aliphatic hydroxyl groups is 4. The van der Waals surface area contributed by atoms with E-state index in [2.05, 4.69) is 0 Å². The maximum absolute atomic E-state index is 9.86. The second kappa shape index (κ2) is 5.21. The number of aromatic hydroxyl groups is 1. The van der Waals surface area contributed by atoms with Gasteiger partial charge in [0.05, 0.1) is 6.61 Å². The molecule has 1 aromatic carbocycles. The Morgan fingerprint density at radius 1 is 0.944 bits per heavy atom. The van der Waals surface area contributed by atoms with Gasteiger partial charge < -0.3 is 30.3 Å². The van der Waals surface area contributed by atoms with E-state index < -0.39 is 37.1 Å². The lowest BCUT2D eigenvalue weighted by Crippen LogP contribution is -2.55. The highest BCUT2D eigenvalue weighted by Crippen LogP contribution is 2.32. The summed E-state index contributed by atoms with van der Waals surface area (Å²) < 4.78 is 5.36. The first-order valence-corrected chi connectivity index (χ1v) is 5.64. The Bertz CT molecular complexity index is 390. The molecule has 0 amide bonds. The molecule has 1 fully saturated rings. The third-order valence-electron chi connectivity index (χ3n) is 3.11. The van der Waals surface area contributed by atoms with E-state index in [1.165, 1.54) is 12.1 Å². The maximum Gasteiger partial charge on any atom is 0.115 e. The van der Waals surface area contributed by atoms with Gasteiger partial charge in [0.15, 0.2) is 0 Å². The molecule has 1 saturated heterocycles. The third-order valence-corrected chi connectivity index (χ3v) is 3.11. The molecule has 5 N–H and O–H groups in total. The summed E-state index contributed by atoms with van der Waals surface area (Å²) in [5, 5.41) is 47.4. The van der Waals surface area contributed by atoms with Crippen molar-refractivity contribution in [2.75, 3.05) is 6.61 Å². The Balaban J connectivity index is 2.24. The fourth-order valence-corrected chi connectivity index (χ4v) is 2.04. The topological polar surface area (TPSA) is 110 Å². The Hall–Kier alpha value is -1.18. The molecule has 6 heteroatoms. The van der Waals surface area contributed by atoms with E-state index >= 15 is 0 Å². The molecule has 0 aliphatic carbocycles. The molecule has 1 aliphatic rings. The van der Waals surface area contributed by atoms with E-state index in [1.807, 2.05) is 0 Å². The quantitative estimate of drug-likeness (QED) is 0.460. The molecule has 18 heavy (non-hydrogen) atoms. The first kappa shape index (κ1) is 13.3. The van der Waals surface area contributed by atoms with Gasteiger partial charge in [-0.3, -0.25) is 0 Å². The van der Waals surface area contributed by atoms with Crippen LogP contribution in [0.25, 0.3) is 0 Å². The fraction of sp³-hybridized carbons (Fsp3) is 0.500. The van der Waals surface area contributed by atoms with Crippen LogP contribution >= 0.6 is 0 Å². The minimum Gasteiger partial charge on any atom is -0.508 e. The molecular weight excluding hydrogens is 240 g/mol. The van der Waals surface area contributed by atoms with Crippen LogP contribution in [0.15, 0.2) is 24.3 Å². The van der Waals surface area contributed by atoms with Gasteiger partial charge in [-0.15, -0.1) is 0 Å². The van der Waals surface area contributed by atoms with E-state index in [9.17, 15) is 20.4 Å². The molecule has 0 bridgehead atoms. The van der Waals surface area contributed by atoms with Crippen LogP contribution in [0.4, 0.5) is 0 Å². The minimum atomic E-state index is -1.39. The van der Waals surface area contributed by atoms with Gasteiger partial charge in [0.2, 0.25) is 0 Å². The van der Waals surface area contributed by atoms with E-state index in [1.54, 1.807) is 12.1 Å². The van der Waals surface area contributed by atoms with Crippen LogP contribution in [0, 0.1) is 0 Å². The zero-order valence-corrected chi connectivity index (χ0v) is 9.55. The van der Waals surface area contributed by atoms with Gasteiger partial charge in [-0.05, 0) is 17.7 Å². The average molecular weight is 256 g/mol. The number of hydrogen-bond acceptors (Lipinski definition) is 6. The van der Waals surface area contributed by atoms with Crippen LogP contribution in [-0.2, 0) is 4.74 Å². The van der Waals surface area contributed by atoms with E-state index in [-0.39, 0.29) is 5.75 Å². The first-order valence-electron chi connectivity index (χ1n) is 5.64. The van der Waals surface area contributed by atoms with E-state index in [0.29, 0.717) is 5.56 Å². The Morgan fingerprint density at radius 2 is 1.56 bits per heavy atom. The van der Waals surface area contributed by atoms with Crippen LogP contribution in [-0.4, -0.2) is 56.6 Å². The summed E-state index contributed by atoms with van der Waals surface area (Å²) in [6.07, 6.45) is -5.84. The molecule has 2 rings (SSSR count). The van der Waals surface area contributed by atoms with Crippen molar-refractivity contribution >= 4 is 0 Å². The molecule has 5 atom stereocenters. The molecule has 0 saturated carbocycles. The predicted molar refractivity (Wildman–Crippen MR) is 60.8 cm³/mol. The van der Waals surface area contributed by atoms with Gasteiger partial charge in [-0.1, -0.05) is 12.1 Å². The number of phenolic OH excluding ortho intramolecular Hbond substituents is 1. The smallest absolute Gasteiger partial charge is 0.115 e. The maximum atomic E-state index is 9.86. The molecule has 1 aromatic rings. The lowest BCUT2D eigenvalue weighted by molar-refractivity contribution is -0.231. The summed E-state index contributed by atoms with van der Waals surface area (Å²) in [4.78, 5) is 0. The number of benzene rings is 1. The summed E-state index contributed by atoms with van der Waals surface area (Å²) in [7, 11) is 0. The van der Waals surface area contributed by atoms with E-state index in [4.69, 9.17) is 9.84 Å². The first-order chi connectivity index (χ1) is 8.54. The Kier molecular flexibility index (Phi) is 3.84. The normalized spacial score (nSPS) is 36.6. The summed E-state index contributed by atoms with van der Waals surface area (Å²) in [6.45, 7) is -0.459. The lowest BCUT2D eigenvalue weighted by Gasteiger charge is -2.40. The van der Waals surface area contributed by atoms with Gasteiger partial charge in [0.25, 0.3) is 0 Å². The van der Waals surface area contributed by atoms with Gasteiger partial charge in [0.1, 0.15) is 36.3 Å². The number of phenols is 1. The molecule has 0 aromatic heterocycles. The predicted octanol–water partition coefficient (Wildman–Crippen LogP) is -1.09. The molecule has 0 spiro atoms.